The van der Waals surface area contributed by atoms with E-state index in [1.165, 1.54) is 0 Å². The van der Waals surface area contributed by atoms with Crippen LogP contribution in [0.15, 0.2) is 6.20 Å². The summed E-state index contributed by atoms with van der Waals surface area (Å²) >= 11 is 0. The molecule has 1 aromatic rings. The van der Waals surface area contributed by atoms with Crippen molar-refractivity contribution in [3.05, 3.63) is 11.9 Å². The minimum atomic E-state index is -0.791. The van der Waals surface area contributed by atoms with E-state index in [9.17, 15) is 9.59 Å². The monoisotopic (exact) mass is 294 g/mol. The molecule has 1 saturated heterocycles. The van der Waals surface area contributed by atoms with E-state index in [1.54, 1.807) is 24.7 Å². The third kappa shape index (κ3) is 3.78. The summed E-state index contributed by atoms with van der Waals surface area (Å²) in [6.45, 7) is 5.42. The fraction of sp³-hybridized carbons (Fsp3) is 0.692. The molecule has 1 aliphatic heterocycles. The first-order valence-electron chi connectivity index (χ1n) is 7.11. The third-order valence-electron chi connectivity index (χ3n) is 3.78. The SMILES string of the molecule is CC(C)(CNC(=O)c1cn(C2CCNCC2)nn1)C(N)=O. The number of nitrogens with two attached hydrogens (primary N) is 1. The highest BCUT2D eigenvalue weighted by molar-refractivity contribution is 5.92. The van der Waals surface area contributed by atoms with Gasteiger partial charge in [-0.3, -0.25) is 9.59 Å². The quantitative estimate of drug-likeness (QED) is 0.673. The average molecular weight is 294 g/mol. The van der Waals surface area contributed by atoms with Gasteiger partial charge in [-0.25, -0.2) is 4.68 Å². The van der Waals surface area contributed by atoms with E-state index in [1.807, 2.05) is 0 Å². The lowest BCUT2D eigenvalue weighted by Crippen LogP contribution is -2.42. The molecule has 0 aromatic carbocycles. The molecule has 8 heteroatoms. The van der Waals surface area contributed by atoms with Crippen LogP contribution in [-0.2, 0) is 4.79 Å². The Morgan fingerprint density at radius 2 is 2.14 bits per heavy atom. The first-order chi connectivity index (χ1) is 9.90. The van der Waals surface area contributed by atoms with Crippen molar-refractivity contribution in [1.82, 2.24) is 25.6 Å². The van der Waals surface area contributed by atoms with Crippen LogP contribution >= 0.6 is 0 Å². The van der Waals surface area contributed by atoms with Crippen LogP contribution in [0.3, 0.4) is 0 Å². The Balaban J connectivity index is 1.94. The Bertz CT molecular complexity index is 518. The second-order valence-corrected chi connectivity index (χ2v) is 6.00. The second kappa shape index (κ2) is 6.21. The molecular formula is C13H22N6O2. The fourth-order valence-electron chi connectivity index (χ4n) is 2.11. The molecule has 0 atom stereocenters. The van der Waals surface area contributed by atoms with E-state index >= 15 is 0 Å². The number of rotatable bonds is 5. The van der Waals surface area contributed by atoms with E-state index in [4.69, 9.17) is 5.73 Å². The molecule has 0 saturated carbocycles. The summed E-state index contributed by atoms with van der Waals surface area (Å²) in [6, 6.07) is 0.280. The van der Waals surface area contributed by atoms with Crippen molar-refractivity contribution >= 4 is 11.8 Å². The van der Waals surface area contributed by atoms with Crippen LogP contribution in [0.25, 0.3) is 0 Å². The zero-order chi connectivity index (χ0) is 15.5. The topological polar surface area (TPSA) is 115 Å². The first-order valence-corrected chi connectivity index (χ1v) is 7.11. The first kappa shape index (κ1) is 15.4. The lowest BCUT2D eigenvalue weighted by atomic mass is 9.93. The van der Waals surface area contributed by atoms with Crippen molar-refractivity contribution in [2.45, 2.75) is 32.7 Å². The Kier molecular flexibility index (Phi) is 4.56. The molecule has 4 N–H and O–H groups in total. The number of amides is 2. The summed E-state index contributed by atoms with van der Waals surface area (Å²) in [7, 11) is 0. The summed E-state index contributed by atoms with van der Waals surface area (Å²) in [6.07, 6.45) is 3.60. The molecule has 0 aliphatic carbocycles. The Labute approximate surface area is 123 Å². The number of primary amides is 1. The zero-order valence-corrected chi connectivity index (χ0v) is 12.4. The van der Waals surface area contributed by atoms with E-state index in [2.05, 4.69) is 20.9 Å². The maximum atomic E-state index is 12.0. The molecule has 0 spiro atoms. The van der Waals surface area contributed by atoms with Crippen molar-refractivity contribution in [3.63, 3.8) is 0 Å². The summed E-state index contributed by atoms with van der Waals surface area (Å²) in [5.74, 6) is -0.800. The van der Waals surface area contributed by atoms with Gasteiger partial charge in [0.1, 0.15) is 0 Å². The highest BCUT2D eigenvalue weighted by Gasteiger charge is 2.26. The van der Waals surface area contributed by atoms with Gasteiger partial charge in [0.15, 0.2) is 5.69 Å². The number of nitrogens with zero attached hydrogens (tertiary/aromatic N) is 3. The molecular weight excluding hydrogens is 272 g/mol. The predicted octanol–water partition coefficient (Wildman–Crippen LogP) is -0.556. The van der Waals surface area contributed by atoms with Gasteiger partial charge in [-0.2, -0.15) is 0 Å². The summed E-state index contributed by atoms with van der Waals surface area (Å²) in [4.78, 5) is 23.2. The second-order valence-electron chi connectivity index (χ2n) is 6.00. The van der Waals surface area contributed by atoms with Crippen LogP contribution in [0.5, 0.6) is 0 Å². The fourth-order valence-corrected chi connectivity index (χ4v) is 2.11. The van der Waals surface area contributed by atoms with Crippen LogP contribution in [0.2, 0.25) is 0 Å². The number of nitrogens with one attached hydrogen (secondary N) is 2. The van der Waals surface area contributed by atoms with E-state index < -0.39 is 11.3 Å². The number of hydrogen-bond acceptors (Lipinski definition) is 5. The highest BCUT2D eigenvalue weighted by atomic mass is 16.2. The minimum Gasteiger partial charge on any atom is -0.369 e. The van der Waals surface area contributed by atoms with E-state index in [0.29, 0.717) is 0 Å². The molecule has 2 rings (SSSR count). The van der Waals surface area contributed by atoms with Gasteiger partial charge in [-0.1, -0.05) is 5.21 Å². The van der Waals surface area contributed by atoms with Crippen LogP contribution in [-0.4, -0.2) is 46.4 Å². The van der Waals surface area contributed by atoms with Crippen LogP contribution < -0.4 is 16.4 Å². The van der Waals surface area contributed by atoms with Crippen molar-refractivity contribution in [2.75, 3.05) is 19.6 Å². The average Bonchev–Trinajstić information content (AvgIpc) is 2.95. The Morgan fingerprint density at radius 1 is 1.48 bits per heavy atom. The van der Waals surface area contributed by atoms with Gasteiger partial charge in [0.25, 0.3) is 5.91 Å². The molecule has 0 bridgehead atoms. The standard InChI is InChI=1S/C13H22N6O2/c1-13(2,12(14)21)8-16-11(20)10-7-19(18-17-10)9-3-5-15-6-4-9/h7,9,15H,3-6,8H2,1-2H3,(H2,14,21)(H,16,20). The summed E-state index contributed by atoms with van der Waals surface area (Å²) in [5, 5.41) is 13.9. The van der Waals surface area contributed by atoms with Gasteiger partial charge < -0.3 is 16.4 Å². The summed E-state index contributed by atoms with van der Waals surface area (Å²) < 4.78 is 1.75. The smallest absolute Gasteiger partial charge is 0.273 e. The number of carbonyl (C=O) groups is 2. The van der Waals surface area contributed by atoms with Gasteiger partial charge in [-0.15, -0.1) is 5.10 Å². The third-order valence-corrected chi connectivity index (χ3v) is 3.78. The van der Waals surface area contributed by atoms with E-state index in [0.717, 1.165) is 25.9 Å². The van der Waals surface area contributed by atoms with Crippen molar-refractivity contribution in [3.8, 4) is 0 Å². The number of hydrogen-bond donors (Lipinski definition) is 3. The minimum absolute atomic E-state index is 0.168. The maximum absolute atomic E-state index is 12.0. The van der Waals surface area contributed by atoms with Crippen LogP contribution in [0.4, 0.5) is 0 Å². The number of piperidine rings is 1. The normalized spacial score (nSPS) is 16.7. The highest BCUT2D eigenvalue weighted by Crippen LogP contribution is 2.17. The molecule has 2 amide bonds. The van der Waals surface area contributed by atoms with Gasteiger partial charge >= 0.3 is 0 Å². The van der Waals surface area contributed by atoms with Crippen molar-refractivity contribution < 1.29 is 9.59 Å². The lowest BCUT2D eigenvalue weighted by molar-refractivity contribution is -0.125. The predicted molar refractivity (Wildman–Crippen MR) is 76.5 cm³/mol. The lowest BCUT2D eigenvalue weighted by Gasteiger charge is -2.22. The molecule has 1 aromatic heterocycles. The van der Waals surface area contributed by atoms with Gasteiger partial charge in [0, 0.05) is 6.54 Å². The Morgan fingerprint density at radius 3 is 2.76 bits per heavy atom. The summed E-state index contributed by atoms with van der Waals surface area (Å²) in [5.41, 5.74) is 4.74. The molecule has 0 radical (unpaired) electrons. The van der Waals surface area contributed by atoms with Crippen LogP contribution in [0.1, 0.15) is 43.2 Å². The van der Waals surface area contributed by atoms with Crippen molar-refractivity contribution in [1.29, 1.82) is 0 Å². The largest absolute Gasteiger partial charge is 0.369 e. The number of aromatic nitrogens is 3. The molecule has 116 valence electrons. The molecule has 21 heavy (non-hydrogen) atoms. The molecule has 0 unspecified atom stereocenters. The van der Waals surface area contributed by atoms with Crippen LogP contribution in [0, 0.1) is 5.41 Å². The van der Waals surface area contributed by atoms with Gasteiger partial charge in [-0.05, 0) is 39.8 Å². The van der Waals surface area contributed by atoms with E-state index in [-0.39, 0.29) is 24.2 Å². The molecule has 2 heterocycles. The molecule has 8 nitrogen and oxygen atoms in total. The maximum Gasteiger partial charge on any atom is 0.273 e. The molecule has 1 fully saturated rings. The van der Waals surface area contributed by atoms with Gasteiger partial charge in [0.05, 0.1) is 17.7 Å². The van der Waals surface area contributed by atoms with Gasteiger partial charge in [0.2, 0.25) is 5.91 Å². The van der Waals surface area contributed by atoms with Crippen molar-refractivity contribution in [2.24, 2.45) is 11.1 Å². The number of carbonyl (C=O) groups excluding carboxylic acids is 2. The Hall–Kier alpha value is -1.96. The zero-order valence-electron chi connectivity index (χ0n) is 12.4. The molecule has 1 aliphatic rings.